The molecule has 0 aliphatic rings. The maximum atomic E-state index is 10.4. The number of hydrogen-bond donors (Lipinski definition) is 0. The van der Waals surface area contributed by atoms with Gasteiger partial charge in [0.05, 0.1) is 4.92 Å². The highest BCUT2D eigenvalue weighted by Crippen LogP contribution is 2.18. The molecule has 0 atom stereocenters. The zero-order valence-corrected chi connectivity index (χ0v) is 8.17. The molecule has 0 aliphatic heterocycles. The number of aromatic nitrogens is 2. The highest BCUT2D eigenvalue weighted by atomic mass is 32.2. The first-order valence-corrected chi connectivity index (χ1v) is 4.74. The van der Waals surface area contributed by atoms with Crippen molar-refractivity contribution < 1.29 is 4.92 Å². The van der Waals surface area contributed by atoms with Gasteiger partial charge in [-0.1, -0.05) is 18.7 Å². The van der Waals surface area contributed by atoms with Crippen molar-refractivity contribution in [3.8, 4) is 0 Å². The monoisotopic (exact) mass is 199 g/mol. The molecule has 0 aromatic carbocycles. The number of rotatable bonds is 3. The molecule has 13 heavy (non-hydrogen) atoms. The summed E-state index contributed by atoms with van der Waals surface area (Å²) in [5.74, 6) is 0.858. The van der Waals surface area contributed by atoms with Gasteiger partial charge in [-0.2, -0.15) is 0 Å². The molecule has 0 radical (unpaired) electrons. The van der Waals surface area contributed by atoms with Crippen molar-refractivity contribution in [1.29, 1.82) is 0 Å². The molecule has 0 aliphatic carbocycles. The predicted molar refractivity (Wildman–Crippen MR) is 49.8 cm³/mol. The lowest BCUT2D eigenvalue weighted by Gasteiger charge is -1.98. The lowest BCUT2D eigenvalue weighted by Crippen LogP contribution is -1.97. The molecule has 0 bridgehead atoms. The maximum absolute atomic E-state index is 10.4. The average Bonchev–Trinajstić information content (AvgIpc) is 2.04. The van der Waals surface area contributed by atoms with Crippen LogP contribution in [0.2, 0.25) is 0 Å². The van der Waals surface area contributed by atoms with Crippen LogP contribution in [0.1, 0.15) is 12.6 Å². The van der Waals surface area contributed by atoms with E-state index in [0.717, 1.165) is 5.75 Å². The molecule has 70 valence electrons. The van der Waals surface area contributed by atoms with Crippen molar-refractivity contribution >= 4 is 17.4 Å². The van der Waals surface area contributed by atoms with E-state index >= 15 is 0 Å². The minimum atomic E-state index is -0.476. The molecule has 1 rings (SSSR count). The number of nitro groups is 1. The van der Waals surface area contributed by atoms with Crippen LogP contribution in [-0.4, -0.2) is 20.6 Å². The Bertz CT molecular complexity index is 330. The summed E-state index contributed by atoms with van der Waals surface area (Å²) in [6.45, 7) is 3.59. The molecule has 0 spiro atoms. The highest BCUT2D eigenvalue weighted by Gasteiger charge is 2.12. The molecule has 6 heteroatoms. The number of aryl methyl sites for hydroxylation is 1. The molecular formula is C7H9N3O2S. The largest absolute Gasteiger partial charge is 0.308 e. The van der Waals surface area contributed by atoms with Crippen molar-refractivity contribution in [3.05, 3.63) is 22.0 Å². The second-order valence-corrected chi connectivity index (χ2v) is 3.54. The average molecular weight is 199 g/mol. The maximum Gasteiger partial charge on any atom is 0.308 e. The third kappa shape index (κ3) is 2.38. The Kier molecular flexibility index (Phi) is 3.18. The van der Waals surface area contributed by atoms with Gasteiger partial charge in [-0.15, -0.1) is 0 Å². The number of nitrogens with zero attached hydrogens (tertiary/aromatic N) is 3. The minimum absolute atomic E-state index is 0.0274. The fourth-order valence-corrected chi connectivity index (χ4v) is 1.40. The zero-order valence-electron chi connectivity index (χ0n) is 7.35. The Morgan fingerprint density at radius 2 is 2.38 bits per heavy atom. The van der Waals surface area contributed by atoms with E-state index < -0.39 is 4.92 Å². The molecule has 0 unspecified atom stereocenters. The first-order chi connectivity index (χ1) is 6.15. The van der Waals surface area contributed by atoms with Gasteiger partial charge in [0, 0.05) is 0 Å². The fourth-order valence-electron chi connectivity index (χ4n) is 0.817. The Labute approximate surface area is 79.7 Å². The summed E-state index contributed by atoms with van der Waals surface area (Å²) >= 11 is 1.47. The summed E-state index contributed by atoms with van der Waals surface area (Å²) in [4.78, 5) is 17.8. The van der Waals surface area contributed by atoms with Crippen molar-refractivity contribution in [3.63, 3.8) is 0 Å². The third-order valence-electron chi connectivity index (χ3n) is 1.40. The van der Waals surface area contributed by atoms with Gasteiger partial charge in [0.25, 0.3) is 0 Å². The van der Waals surface area contributed by atoms with Gasteiger partial charge < -0.3 is 0 Å². The standard InChI is InChI=1S/C7H9N3O2S/c1-3-13-7-8-4-6(10(11)12)5(2)9-7/h4H,3H2,1-2H3. The number of thioether (sulfide) groups is 1. The molecule has 5 nitrogen and oxygen atoms in total. The first-order valence-electron chi connectivity index (χ1n) is 3.76. The van der Waals surface area contributed by atoms with Crippen LogP contribution in [0.5, 0.6) is 0 Å². The van der Waals surface area contributed by atoms with Crippen molar-refractivity contribution in [2.45, 2.75) is 19.0 Å². The quantitative estimate of drug-likeness (QED) is 0.321. The van der Waals surface area contributed by atoms with Crippen molar-refractivity contribution in [2.24, 2.45) is 0 Å². The van der Waals surface area contributed by atoms with Crippen LogP contribution in [0, 0.1) is 17.0 Å². The van der Waals surface area contributed by atoms with E-state index in [0.29, 0.717) is 10.9 Å². The Balaban J connectivity index is 2.98. The molecule has 1 heterocycles. The van der Waals surface area contributed by atoms with Crippen LogP contribution in [0.25, 0.3) is 0 Å². The first kappa shape index (κ1) is 9.91. The van der Waals surface area contributed by atoms with E-state index in [4.69, 9.17) is 0 Å². The number of hydrogen-bond acceptors (Lipinski definition) is 5. The van der Waals surface area contributed by atoms with Crippen LogP contribution in [0.15, 0.2) is 11.4 Å². The van der Waals surface area contributed by atoms with Gasteiger partial charge >= 0.3 is 5.69 Å². The molecular weight excluding hydrogens is 190 g/mol. The summed E-state index contributed by atoms with van der Waals surface area (Å²) in [6.07, 6.45) is 1.25. The second-order valence-electron chi connectivity index (χ2n) is 2.31. The summed E-state index contributed by atoms with van der Waals surface area (Å²) in [6, 6.07) is 0. The summed E-state index contributed by atoms with van der Waals surface area (Å²) in [5.41, 5.74) is 0.386. The van der Waals surface area contributed by atoms with Gasteiger partial charge in [-0.05, 0) is 12.7 Å². The summed E-state index contributed by atoms with van der Waals surface area (Å²) in [5, 5.41) is 11.0. The predicted octanol–water partition coefficient (Wildman–Crippen LogP) is 1.81. The van der Waals surface area contributed by atoms with Gasteiger partial charge in [0.2, 0.25) is 0 Å². The van der Waals surface area contributed by atoms with Crippen LogP contribution >= 0.6 is 11.8 Å². The van der Waals surface area contributed by atoms with Crippen molar-refractivity contribution in [1.82, 2.24) is 9.97 Å². The van der Waals surface area contributed by atoms with Gasteiger partial charge in [-0.3, -0.25) is 10.1 Å². The van der Waals surface area contributed by atoms with Crippen molar-refractivity contribution in [2.75, 3.05) is 5.75 Å². The SMILES string of the molecule is CCSc1ncc([N+](=O)[O-])c(C)n1. The molecule has 1 aromatic heterocycles. The highest BCUT2D eigenvalue weighted by molar-refractivity contribution is 7.99. The lowest BCUT2D eigenvalue weighted by atomic mass is 10.4. The van der Waals surface area contributed by atoms with Crippen LogP contribution < -0.4 is 0 Å². The Hall–Kier alpha value is -1.17. The van der Waals surface area contributed by atoms with E-state index in [9.17, 15) is 10.1 Å². The van der Waals surface area contributed by atoms with E-state index in [1.54, 1.807) is 6.92 Å². The van der Waals surface area contributed by atoms with E-state index in [-0.39, 0.29) is 5.69 Å². The third-order valence-corrected chi connectivity index (χ3v) is 2.15. The Morgan fingerprint density at radius 1 is 1.69 bits per heavy atom. The minimum Gasteiger partial charge on any atom is -0.258 e. The van der Waals surface area contributed by atoms with Crippen LogP contribution in [-0.2, 0) is 0 Å². The van der Waals surface area contributed by atoms with E-state index in [1.807, 2.05) is 6.92 Å². The fraction of sp³-hybridized carbons (Fsp3) is 0.429. The molecule has 0 N–H and O–H groups in total. The topological polar surface area (TPSA) is 68.9 Å². The van der Waals surface area contributed by atoms with E-state index in [2.05, 4.69) is 9.97 Å². The molecule has 0 saturated carbocycles. The van der Waals surface area contributed by atoms with Crippen LogP contribution in [0.4, 0.5) is 5.69 Å². The van der Waals surface area contributed by atoms with E-state index in [1.165, 1.54) is 18.0 Å². The summed E-state index contributed by atoms with van der Waals surface area (Å²) in [7, 11) is 0. The molecule has 0 fully saturated rings. The molecule has 0 saturated heterocycles. The zero-order chi connectivity index (χ0) is 9.84. The van der Waals surface area contributed by atoms with Gasteiger partial charge in [0.15, 0.2) is 5.16 Å². The smallest absolute Gasteiger partial charge is 0.258 e. The summed E-state index contributed by atoms with van der Waals surface area (Å²) < 4.78 is 0. The van der Waals surface area contributed by atoms with Gasteiger partial charge in [-0.25, -0.2) is 9.97 Å². The molecule has 1 aromatic rings. The van der Waals surface area contributed by atoms with Crippen LogP contribution in [0.3, 0.4) is 0 Å². The second kappa shape index (κ2) is 4.18. The Morgan fingerprint density at radius 3 is 2.85 bits per heavy atom. The molecule has 0 amide bonds. The lowest BCUT2D eigenvalue weighted by molar-refractivity contribution is -0.386. The normalized spacial score (nSPS) is 10.0. The van der Waals surface area contributed by atoms with Gasteiger partial charge in [0.1, 0.15) is 11.9 Å².